The molecular formula is C33H34N8O2. The summed E-state index contributed by atoms with van der Waals surface area (Å²) < 4.78 is 4.46. The number of piperidine rings is 1. The normalized spacial score (nSPS) is 15.3. The lowest BCUT2D eigenvalue weighted by atomic mass is 10.1. The SMILES string of the molecule is CC#CCn1c(N2CCC[C@@H](/N=C/c3ccc(C)cc3)C2)nc2c1c(=O)n(Cc1nc(C)c3ccccc3n1)c(=O)n2C. The van der Waals surface area contributed by atoms with Gasteiger partial charge in [-0.25, -0.2) is 14.8 Å². The van der Waals surface area contributed by atoms with E-state index in [-0.39, 0.29) is 19.1 Å². The Bertz CT molecular complexity index is 2040. The molecule has 0 N–H and O–H groups in total. The molecule has 0 spiro atoms. The number of para-hydroxylation sites is 1. The van der Waals surface area contributed by atoms with Gasteiger partial charge in [0.15, 0.2) is 11.2 Å². The maximum absolute atomic E-state index is 14.0. The zero-order valence-corrected chi connectivity index (χ0v) is 24.9. The molecule has 2 aromatic carbocycles. The number of fused-ring (bicyclic) bond motifs is 2. The first-order valence-corrected chi connectivity index (χ1v) is 14.5. The van der Waals surface area contributed by atoms with Crippen LogP contribution in [0.3, 0.4) is 0 Å². The number of benzene rings is 2. The van der Waals surface area contributed by atoms with E-state index in [0.717, 1.165) is 41.5 Å². The molecule has 1 saturated heterocycles. The first-order chi connectivity index (χ1) is 20.8. The molecule has 6 rings (SSSR count). The number of aryl methyl sites for hydroxylation is 3. The molecule has 3 aromatic heterocycles. The smallest absolute Gasteiger partial charge is 0.332 e. The van der Waals surface area contributed by atoms with Crippen molar-refractivity contribution in [3.63, 3.8) is 0 Å². The van der Waals surface area contributed by atoms with Crippen LogP contribution in [-0.2, 0) is 20.1 Å². The van der Waals surface area contributed by atoms with E-state index < -0.39 is 11.2 Å². The highest BCUT2D eigenvalue weighted by Gasteiger charge is 2.27. The topological polar surface area (TPSA) is 103 Å². The van der Waals surface area contributed by atoms with Crippen LogP contribution in [0, 0.1) is 25.7 Å². The Labute approximate surface area is 249 Å². The van der Waals surface area contributed by atoms with Crippen LogP contribution in [0.1, 0.15) is 42.4 Å². The number of aliphatic imine (C=N–C) groups is 1. The van der Waals surface area contributed by atoms with E-state index in [0.29, 0.717) is 29.5 Å². The zero-order chi connectivity index (χ0) is 30.1. The minimum Gasteiger partial charge on any atom is -0.340 e. The monoisotopic (exact) mass is 574 g/mol. The molecule has 0 bridgehead atoms. The standard InChI is InChI=1S/C33H34N8O2/c1-5-6-18-40-29-30(37-32(40)39-17-9-10-25(20-39)34-19-24-15-13-22(2)14-16-24)38(4)33(43)41(31(29)42)21-28-35-23(3)26-11-7-8-12-27(26)36-28/h7-8,11-16,19,25H,9-10,17-18,20-21H2,1-4H3/b34-19+/t25-/m1/s1. The van der Waals surface area contributed by atoms with E-state index in [1.807, 2.05) is 42.0 Å². The van der Waals surface area contributed by atoms with E-state index in [9.17, 15) is 9.59 Å². The summed E-state index contributed by atoms with van der Waals surface area (Å²) in [6, 6.07) is 16.1. The molecular weight excluding hydrogens is 540 g/mol. The van der Waals surface area contributed by atoms with E-state index in [1.165, 1.54) is 14.7 Å². The number of imidazole rings is 1. The molecule has 43 heavy (non-hydrogen) atoms. The fourth-order valence-electron chi connectivity index (χ4n) is 5.66. The maximum Gasteiger partial charge on any atom is 0.332 e. The molecule has 0 aliphatic carbocycles. The van der Waals surface area contributed by atoms with Crippen LogP contribution in [0.4, 0.5) is 5.95 Å². The highest BCUT2D eigenvalue weighted by molar-refractivity contribution is 5.81. The lowest BCUT2D eigenvalue weighted by Gasteiger charge is -2.31. The van der Waals surface area contributed by atoms with Crippen molar-refractivity contribution in [2.45, 2.75) is 52.7 Å². The highest BCUT2D eigenvalue weighted by Crippen LogP contribution is 2.24. The number of anilines is 1. The Morgan fingerprint density at radius 1 is 1.02 bits per heavy atom. The van der Waals surface area contributed by atoms with Gasteiger partial charge in [-0.05, 0) is 45.2 Å². The van der Waals surface area contributed by atoms with Gasteiger partial charge in [-0.3, -0.25) is 23.5 Å². The molecule has 218 valence electrons. The third-order valence-electron chi connectivity index (χ3n) is 7.96. The van der Waals surface area contributed by atoms with E-state index in [4.69, 9.17) is 9.98 Å². The van der Waals surface area contributed by atoms with Crippen LogP contribution in [0.15, 0.2) is 63.1 Å². The summed E-state index contributed by atoms with van der Waals surface area (Å²) in [5.41, 5.74) is 3.60. The van der Waals surface area contributed by atoms with Crippen molar-refractivity contribution in [1.29, 1.82) is 0 Å². The molecule has 4 heterocycles. The molecule has 10 nitrogen and oxygen atoms in total. The van der Waals surface area contributed by atoms with Gasteiger partial charge in [-0.1, -0.05) is 53.9 Å². The minimum atomic E-state index is -0.469. The van der Waals surface area contributed by atoms with Crippen molar-refractivity contribution < 1.29 is 0 Å². The molecule has 0 saturated carbocycles. The van der Waals surface area contributed by atoms with E-state index >= 15 is 0 Å². The summed E-state index contributed by atoms with van der Waals surface area (Å²) in [7, 11) is 1.64. The molecule has 0 unspecified atom stereocenters. The van der Waals surface area contributed by atoms with E-state index in [1.54, 1.807) is 14.0 Å². The molecule has 10 heteroatoms. The number of hydrogen-bond donors (Lipinski definition) is 0. The van der Waals surface area contributed by atoms with E-state index in [2.05, 4.69) is 57.9 Å². The van der Waals surface area contributed by atoms with Crippen molar-refractivity contribution >= 4 is 34.2 Å². The Morgan fingerprint density at radius 2 is 1.81 bits per heavy atom. The van der Waals surface area contributed by atoms with Gasteiger partial charge in [0, 0.05) is 37.4 Å². The Balaban J connectivity index is 1.40. The molecule has 0 amide bonds. The largest absolute Gasteiger partial charge is 0.340 e. The first-order valence-electron chi connectivity index (χ1n) is 14.5. The summed E-state index contributed by atoms with van der Waals surface area (Å²) >= 11 is 0. The van der Waals surface area contributed by atoms with Gasteiger partial charge in [0.2, 0.25) is 5.95 Å². The van der Waals surface area contributed by atoms with Gasteiger partial charge in [-0.15, -0.1) is 5.92 Å². The lowest BCUT2D eigenvalue weighted by Crippen LogP contribution is -2.40. The average Bonchev–Trinajstić information content (AvgIpc) is 3.41. The van der Waals surface area contributed by atoms with Gasteiger partial charge in [0.1, 0.15) is 5.82 Å². The van der Waals surface area contributed by atoms with Crippen molar-refractivity contribution in [1.82, 2.24) is 28.7 Å². The van der Waals surface area contributed by atoms with Crippen LogP contribution in [0.25, 0.3) is 22.1 Å². The molecule has 1 aliphatic rings. The third-order valence-corrected chi connectivity index (χ3v) is 7.96. The number of hydrogen-bond acceptors (Lipinski definition) is 7. The second-order valence-corrected chi connectivity index (χ2v) is 11.0. The molecule has 1 fully saturated rings. The Hall–Kier alpha value is -5.04. The second kappa shape index (κ2) is 11.7. The van der Waals surface area contributed by atoms with Gasteiger partial charge in [-0.2, -0.15) is 4.98 Å². The minimum absolute atomic E-state index is 0.0490. The summed E-state index contributed by atoms with van der Waals surface area (Å²) in [5, 5.41) is 0.936. The number of rotatable bonds is 6. The van der Waals surface area contributed by atoms with Gasteiger partial charge in [0.25, 0.3) is 5.56 Å². The van der Waals surface area contributed by atoms with Crippen molar-refractivity contribution in [3.8, 4) is 11.8 Å². The quantitative estimate of drug-likeness (QED) is 0.227. The van der Waals surface area contributed by atoms with Crippen LogP contribution in [-0.4, -0.2) is 54.0 Å². The summed E-state index contributed by atoms with van der Waals surface area (Å²) in [5.74, 6) is 7.06. The van der Waals surface area contributed by atoms with Crippen molar-refractivity contribution in [2.24, 2.45) is 12.0 Å². The summed E-state index contributed by atoms with van der Waals surface area (Å²) in [4.78, 5) is 48.7. The number of aromatic nitrogens is 6. The van der Waals surface area contributed by atoms with Gasteiger partial charge >= 0.3 is 5.69 Å². The van der Waals surface area contributed by atoms with Gasteiger partial charge in [0.05, 0.1) is 24.6 Å². The molecule has 1 aliphatic heterocycles. The number of nitrogens with zero attached hydrogens (tertiary/aromatic N) is 8. The Kier molecular flexibility index (Phi) is 7.63. The Morgan fingerprint density at radius 3 is 2.60 bits per heavy atom. The van der Waals surface area contributed by atoms with Gasteiger partial charge < -0.3 is 4.90 Å². The highest BCUT2D eigenvalue weighted by atomic mass is 16.2. The first kappa shape index (κ1) is 28.1. The van der Waals surface area contributed by atoms with Crippen molar-refractivity contribution in [3.05, 3.63) is 92.0 Å². The molecule has 5 aromatic rings. The third kappa shape index (κ3) is 5.46. The summed E-state index contributed by atoms with van der Waals surface area (Å²) in [6.07, 6.45) is 3.82. The maximum atomic E-state index is 14.0. The van der Waals surface area contributed by atoms with Crippen molar-refractivity contribution in [2.75, 3.05) is 18.0 Å². The zero-order valence-electron chi connectivity index (χ0n) is 24.9. The summed E-state index contributed by atoms with van der Waals surface area (Å²) in [6.45, 7) is 7.38. The second-order valence-electron chi connectivity index (χ2n) is 11.0. The average molecular weight is 575 g/mol. The predicted octanol–water partition coefficient (Wildman–Crippen LogP) is 3.62. The van der Waals surface area contributed by atoms with Crippen LogP contribution >= 0.6 is 0 Å². The molecule has 0 radical (unpaired) electrons. The predicted molar refractivity (Wildman–Crippen MR) is 170 cm³/mol. The van der Waals surface area contributed by atoms with Crippen LogP contribution in [0.2, 0.25) is 0 Å². The molecule has 1 atom stereocenters. The lowest BCUT2D eigenvalue weighted by molar-refractivity contribution is 0.499. The van der Waals surface area contributed by atoms with Crippen LogP contribution < -0.4 is 16.1 Å². The fraction of sp³-hybridized carbons (Fsp3) is 0.333. The fourth-order valence-corrected chi connectivity index (χ4v) is 5.66. The van der Waals surface area contributed by atoms with Crippen LogP contribution in [0.5, 0.6) is 0 Å².